The van der Waals surface area contributed by atoms with E-state index >= 15 is 0 Å². The highest BCUT2D eigenvalue weighted by Crippen LogP contribution is 2.28. The topological polar surface area (TPSA) is 34.2 Å². The third-order valence-corrected chi connectivity index (χ3v) is 3.68. The van der Waals surface area contributed by atoms with Crippen LogP contribution in [0.2, 0.25) is 0 Å². The van der Waals surface area contributed by atoms with Crippen LogP contribution in [0.5, 0.6) is 0 Å². The molecule has 1 heterocycles. The number of ether oxygens (including phenoxy) is 1. The average molecular weight is 286 g/mol. The molecule has 0 bridgehead atoms. The quantitative estimate of drug-likeness (QED) is 0.820. The summed E-state index contributed by atoms with van der Waals surface area (Å²) in [7, 11) is 1.74. The van der Waals surface area contributed by atoms with Gasteiger partial charge in [0, 0.05) is 30.4 Å². The molecule has 3 heteroatoms. The van der Waals surface area contributed by atoms with Crippen LogP contribution in [0.3, 0.4) is 0 Å². The van der Waals surface area contributed by atoms with E-state index in [4.69, 9.17) is 9.72 Å². The Balaban J connectivity index is 2.54. The first-order chi connectivity index (χ1) is 10.2. The Morgan fingerprint density at radius 1 is 1.29 bits per heavy atom. The highest BCUT2D eigenvalue weighted by Gasteiger charge is 2.11. The van der Waals surface area contributed by atoms with E-state index in [2.05, 4.69) is 50.4 Å². The van der Waals surface area contributed by atoms with Gasteiger partial charge in [-0.05, 0) is 30.4 Å². The van der Waals surface area contributed by atoms with Gasteiger partial charge in [-0.2, -0.15) is 0 Å². The van der Waals surface area contributed by atoms with Crippen molar-refractivity contribution in [2.24, 2.45) is 0 Å². The van der Waals surface area contributed by atoms with Crippen LogP contribution in [0.1, 0.15) is 44.4 Å². The Kier molecular flexibility index (Phi) is 5.57. The Morgan fingerprint density at radius 2 is 2.10 bits per heavy atom. The summed E-state index contributed by atoms with van der Waals surface area (Å²) in [6.07, 6.45) is 2.01. The molecule has 0 saturated heterocycles. The third kappa shape index (κ3) is 3.73. The van der Waals surface area contributed by atoms with E-state index in [1.165, 1.54) is 16.6 Å². The number of benzene rings is 1. The van der Waals surface area contributed by atoms with Gasteiger partial charge in [0.1, 0.15) is 0 Å². The predicted octanol–water partition coefficient (Wildman–Crippen LogP) is 4.37. The molecule has 0 aliphatic rings. The van der Waals surface area contributed by atoms with Crippen molar-refractivity contribution >= 4 is 16.6 Å². The Bertz CT molecular complexity index is 593. The molecule has 0 amide bonds. The summed E-state index contributed by atoms with van der Waals surface area (Å²) in [6, 6.07) is 8.62. The Hall–Kier alpha value is -1.61. The minimum atomic E-state index is 0.423. The van der Waals surface area contributed by atoms with Gasteiger partial charge in [-0.15, -0.1) is 0 Å². The molecular weight excluding hydrogens is 260 g/mol. The van der Waals surface area contributed by atoms with E-state index in [0.29, 0.717) is 5.92 Å². The first kappa shape index (κ1) is 15.8. The van der Waals surface area contributed by atoms with Crippen molar-refractivity contribution in [2.45, 2.75) is 39.5 Å². The number of nitrogens with one attached hydrogen (secondary N) is 1. The lowest BCUT2D eigenvalue weighted by molar-refractivity contribution is 0.202. The van der Waals surface area contributed by atoms with Gasteiger partial charge in [-0.3, -0.25) is 4.98 Å². The van der Waals surface area contributed by atoms with Gasteiger partial charge in [0.25, 0.3) is 0 Å². The molecule has 0 atom stereocenters. The van der Waals surface area contributed by atoms with Crippen LogP contribution in [0.4, 0.5) is 5.69 Å². The molecule has 0 fully saturated rings. The molecule has 0 unspecified atom stereocenters. The second-order valence-corrected chi connectivity index (χ2v) is 5.73. The number of rotatable bonds is 7. The molecule has 2 aromatic rings. The largest absolute Gasteiger partial charge is 0.384 e. The molecule has 0 aliphatic heterocycles. The number of para-hydroxylation sites is 1. The van der Waals surface area contributed by atoms with Gasteiger partial charge in [-0.25, -0.2) is 0 Å². The fourth-order valence-electron chi connectivity index (χ4n) is 2.44. The van der Waals surface area contributed by atoms with Gasteiger partial charge in [0.05, 0.1) is 12.1 Å². The maximum atomic E-state index is 5.22. The van der Waals surface area contributed by atoms with E-state index in [9.17, 15) is 0 Å². The molecule has 0 aliphatic carbocycles. The van der Waals surface area contributed by atoms with Crippen molar-refractivity contribution in [3.05, 3.63) is 35.5 Å². The van der Waals surface area contributed by atoms with E-state index in [0.717, 1.165) is 37.2 Å². The number of nitrogens with zero attached hydrogens (tertiary/aromatic N) is 1. The van der Waals surface area contributed by atoms with E-state index < -0.39 is 0 Å². The summed E-state index contributed by atoms with van der Waals surface area (Å²) < 4.78 is 5.22. The number of hydrogen-bond acceptors (Lipinski definition) is 3. The highest BCUT2D eigenvalue weighted by molar-refractivity contribution is 5.93. The maximum Gasteiger partial charge on any atom is 0.0759 e. The standard InChI is InChI=1S/C18H26N2O/c1-5-10-19-17-12-16(13(2)3)20-18-14(9-11-21-4)7-6-8-15(17)18/h6-8,12-13H,5,9-11H2,1-4H3,(H,19,20). The number of fused-ring (bicyclic) bond motifs is 1. The van der Waals surface area contributed by atoms with Crippen molar-refractivity contribution in [1.82, 2.24) is 4.98 Å². The molecule has 2 rings (SSSR count). The summed E-state index contributed by atoms with van der Waals surface area (Å²) >= 11 is 0. The monoisotopic (exact) mass is 286 g/mol. The number of aromatic nitrogens is 1. The SMILES string of the molecule is CCCNc1cc(C(C)C)nc2c(CCOC)cccc12. The average Bonchev–Trinajstić information content (AvgIpc) is 2.50. The molecular formula is C18H26N2O. The second-order valence-electron chi connectivity index (χ2n) is 5.73. The van der Waals surface area contributed by atoms with Crippen LogP contribution in [0, 0.1) is 0 Å². The Labute approximate surface area is 127 Å². The molecule has 114 valence electrons. The van der Waals surface area contributed by atoms with Gasteiger partial charge < -0.3 is 10.1 Å². The molecule has 0 spiro atoms. The van der Waals surface area contributed by atoms with Crippen LogP contribution >= 0.6 is 0 Å². The van der Waals surface area contributed by atoms with Gasteiger partial charge in [0.2, 0.25) is 0 Å². The number of hydrogen-bond donors (Lipinski definition) is 1. The molecule has 3 nitrogen and oxygen atoms in total. The van der Waals surface area contributed by atoms with Crippen molar-refractivity contribution in [3.8, 4) is 0 Å². The van der Waals surface area contributed by atoms with Crippen molar-refractivity contribution < 1.29 is 4.74 Å². The van der Waals surface area contributed by atoms with Crippen molar-refractivity contribution in [1.29, 1.82) is 0 Å². The second kappa shape index (κ2) is 7.41. The first-order valence-electron chi connectivity index (χ1n) is 7.82. The zero-order valence-corrected chi connectivity index (χ0v) is 13.6. The highest BCUT2D eigenvalue weighted by atomic mass is 16.5. The number of methoxy groups -OCH3 is 1. The molecule has 21 heavy (non-hydrogen) atoms. The Morgan fingerprint density at radius 3 is 2.76 bits per heavy atom. The first-order valence-corrected chi connectivity index (χ1v) is 7.82. The minimum Gasteiger partial charge on any atom is -0.384 e. The van der Waals surface area contributed by atoms with E-state index in [1.807, 2.05) is 0 Å². The van der Waals surface area contributed by atoms with Crippen LogP contribution in [0.15, 0.2) is 24.3 Å². The summed E-state index contributed by atoms with van der Waals surface area (Å²) in [5.41, 5.74) is 4.71. The van der Waals surface area contributed by atoms with E-state index in [-0.39, 0.29) is 0 Å². The van der Waals surface area contributed by atoms with Crippen LogP contribution in [-0.4, -0.2) is 25.2 Å². The third-order valence-electron chi connectivity index (χ3n) is 3.68. The van der Waals surface area contributed by atoms with Crippen LogP contribution in [-0.2, 0) is 11.2 Å². The minimum absolute atomic E-state index is 0.423. The summed E-state index contributed by atoms with van der Waals surface area (Å²) in [4.78, 5) is 4.90. The van der Waals surface area contributed by atoms with Crippen LogP contribution in [0.25, 0.3) is 10.9 Å². The lowest BCUT2D eigenvalue weighted by Crippen LogP contribution is -2.05. The predicted molar refractivity (Wildman–Crippen MR) is 90.2 cm³/mol. The lowest BCUT2D eigenvalue weighted by atomic mass is 10.0. The summed E-state index contributed by atoms with van der Waals surface area (Å²) in [6.45, 7) is 8.28. The van der Waals surface area contributed by atoms with Crippen molar-refractivity contribution in [3.63, 3.8) is 0 Å². The maximum absolute atomic E-state index is 5.22. The summed E-state index contributed by atoms with van der Waals surface area (Å²) in [5.74, 6) is 0.423. The fraction of sp³-hybridized carbons (Fsp3) is 0.500. The zero-order valence-electron chi connectivity index (χ0n) is 13.6. The normalized spacial score (nSPS) is 11.3. The summed E-state index contributed by atoms with van der Waals surface area (Å²) in [5, 5.41) is 4.75. The lowest BCUT2D eigenvalue weighted by Gasteiger charge is -2.15. The molecule has 1 N–H and O–H groups in total. The van der Waals surface area contributed by atoms with Gasteiger partial charge in [0.15, 0.2) is 0 Å². The molecule has 1 aromatic heterocycles. The zero-order chi connectivity index (χ0) is 15.2. The molecule has 1 aromatic carbocycles. The fourth-order valence-corrected chi connectivity index (χ4v) is 2.44. The van der Waals surface area contributed by atoms with E-state index in [1.54, 1.807) is 7.11 Å². The number of anilines is 1. The van der Waals surface area contributed by atoms with Gasteiger partial charge in [-0.1, -0.05) is 39.0 Å². The smallest absolute Gasteiger partial charge is 0.0759 e. The molecule has 0 saturated carbocycles. The number of pyridine rings is 1. The van der Waals surface area contributed by atoms with Crippen LogP contribution < -0.4 is 5.32 Å². The van der Waals surface area contributed by atoms with Gasteiger partial charge >= 0.3 is 0 Å². The van der Waals surface area contributed by atoms with Crippen molar-refractivity contribution in [2.75, 3.05) is 25.6 Å². The molecule has 0 radical (unpaired) electrons.